The average molecular weight is 705 g/mol. The molecule has 6 aliphatic heterocycles. The van der Waals surface area contributed by atoms with Crippen LogP contribution in [-0.2, 0) is 41.2 Å². The van der Waals surface area contributed by atoms with E-state index in [2.05, 4.69) is 90.4 Å². The number of carbonyl (C=O) groups excluding carboxylic acids is 1. The zero-order valence-corrected chi connectivity index (χ0v) is 31.5. The van der Waals surface area contributed by atoms with Gasteiger partial charge in [-0.1, -0.05) is 25.1 Å². The molecule has 11 unspecified atom stereocenters. The quantitative estimate of drug-likeness (QED) is 0.279. The number of hydrogen-bond donors (Lipinski definition) is 1. The van der Waals surface area contributed by atoms with Crippen molar-refractivity contribution in [3.63, 3.8) is 0 Å². The molecule has 9 heteroatoms. The second kappa shape index (κ2) is 11.7. The fraction of sp³-hybridized carbons (Fsp3) is 0.558. The third-order valence-electron chi connectivity index (χ3n) is 15.1. The van der Waals surface area contributed by atoms with E-state index in [4.69, 9.17) is 14.2 Å². The summed E-state index contributed by atoms with van der Waals surface area (Å²) in [6, 6.07) is 14.6. The number of methoxy groups -OCH3 is 1. The van der Waals surface area contributed by atoms with Crippen molar-refractivity contribution in [2.75, 3.05) is 34.4 Å². The first-order chi connectivity index (χ1) is 25.1. The highest BCUT2D eigenvalue weighted by Gasteiger charge is 2.55. The van der Waals surface area contributed by atoms with Crippen molar-refractivity contribution in [3.8, 4) is 5.75 Å². The molecule has 1 N–H and O–H groups in total. The van der Waals surface area contributed by atoms with Gasteiger partial charge >= 0.3 is 0 Å². The predicted molar refractivity (Wildman–Crippen MR) is 200 cm³/mol. The van der Waals surface area contributed by atoms with Crippen LogP contribution in [0.5, 0.6) is 5.75 Å². The van der Waals surface area contributed by atoms with Gasteiger partial charge in [0.25, 0.3) is 0 Å². The Morgan fingerprint density at radius 2 is 1.54 bits per heavy atom. The minimum absolute atomic E-state index is 0.0132. The highest BCUT2D eigenvalue weighted by molar-refractivity contribution is 5.94. The molecule has 9 nitrogen and oxygen atoms in total. The number of benzene rings is 2. The van der Waals surface area contributed by atoms with Gasteiger partial charge < -0.3 is 28.5 Å². The summed E-state index contributed by atoms with van der Waals surface area (Å²) < 4.78 is 23.3. The van der Waals surface area contributed by atoms with E-state index in [1.165, 1.54) is 44.3 Å². The maximum absolute atomic E-state index is 12.7. The molecule has 2 aromatic carbocycles. The Morgan fingerprint density at radius 3 is 2.27 bits per heavy atom. The van der Waals surface area contributed by atoms with Gasteiger partial charge in [-0.15, -0.1) is 0 Å². The van der Waals surface area contributed by atoms with E-state index in [0.29, 0.717) is 43.2 Å². The van der Waals surface area contributed by atoms with E-state index in [9.17, 15) is 9.90 Å². The van der Waals surface area contributed by atoms with Crippen LogP contribution in [0.25, 0.3) is 21.8 Å². The Kier molecular flexibility index (Phi) is 7.41. The number of allylic oxidation sites excluding steroid dienone is 1. The molecule has 3 fully saturated rings. The smallest absolute Gasteiger partial charge is 0.159 e. The van der Waals surface area contributed by atoms with Gasteiger partial charge in [-0.3, -0.25) is 14.6 Å². The molecule has 0 spiro atoms. The number of likely N-dealkylation sites (N-methyl/N-ethyl adjacent to an activating group) is 2. The van der Waals surface area contributed by atoms with Crippen molar-refractivity contribution in [1.29, 1.82) is 0 Å². The lowest BCUT2D eigenvalue weighted by atomic mass is 9.62. The normalized spacial score (nSPS) is 34.5. The molecule has 2 aromatic heterocycles. The van der Waals surface area contributed by atoms with Crippen LogP contribution in [0.1, 0.15) is 72.8 Å². The molecule has 11 atom stereocenters. The molecule has 0 aliphatic carbocycles. The van der Waals surface area contributed by atoms with Crippen molar-refractivity contribution in [3.05, 3.63) is 76.3 Å². The van der Waals surface area contributed by atoms with Crippen molar-refractivity contribution in [2.24, 2.45) is 43.7 Å². The highest BCUT2D eigenvalue weighted by atomic mass is 16.6. The lowest BCUT2D eigenvalue weighted by Gasteiger charge is -2.57. The van der Waals surface area contributed by atoms with E-state index < -0.39 is 6.29 Å². The van der Waals surface area contributed by atoms with Gasteiger partial charge in [0, 0.05) is 83.2 Å². The summed E-state index contributed by atoms with van der Waals surface area (Å²) in [5.41, 5.74) is 10.2. The molecule has 0 amide bonds. The van der Waals surface area contributed by atoms with Crippen LogP contribution in [0.2, 0.25) is 0 Å². The second-order valence-electron chi connectivity index (χ2n) is 17.0. The summed E-state index contributed by atoms with van der Waals surface area (Å²) in [4.78, 5) is 17.8. The number of fused-ring (bicyclic) bond motifs is 16. The second-order valence-corrected chi connectivity index (χ2v) is 17.0. The molecule has 0 radical (unpaired) electrons. The number of aromatic nitrogens is 2. The molecule has 274 valence electrons. The molecule has 6 aliphatic rings. The number of para-hydroxylation sites is 1. The molecule has 8 heterocycles. The van der Waals surface area contributed by atoms with Gasteiger partial charge in [-0.25, -0.2) is 0 Å². The van der Waals surface area contributed by atoms with Crippen LogP contribution in [-0.4, -0.2) is 82.6 Å². The van der Waals surface area contributed by atoms with Crippen LogP contribution in [0.15, 0.2) is 48.2 Å². The van der Waals surface area contributed by atoms with Crippen molar-refractivity contribution in [2.45, 2.75) is 75.9 Å². The summed E-state index contributed by atoms with van der Waals surface area (Å²) >= 11 is 0. The number of Topliss-reactive ketones (excluding diaryl/α,β-unsaturated/α-hetero) is 1. The number of ketones is 1. The number of piperidine rings is 2. The predicted octanol–water partition coefficient (Wildman–Crippen LogP) is 6.02. The van der Waals surface area contributed by atoms with Gasteiger partial charge in [0.2, 0.25) is 0 Å². The van der Waals surface area contributed by atoms with Crippen molar-refractivity contribution >= 4 is 27.6 Å². The molecule has 52 heavy (non-hydrogen) atoms. The molecule has 4 aromatic rings. The zero-order valence-electron chi connectivity index (χ0n) is 31.5. The largest absolute Gasteiger partial charge is 0.500 e. The SMILES string of the molecule is COc1cc2c(cc1C(C)C1C(O)OCC3C1CC1c4c(c5ccccc5n4C)CC3N1C)c1c(n2C)C2CC3C(C(C)=O)=COCC3C(C1)N2C. The zero-order chi connectivity index (χ0) is 35.9. The van der Waals surface area contributed by atoms with Gasteiger partial charge in [0.1, 0.15) is 5.75 Å². The molecule has 4 bridgehead atoms. The summed E-state index contributed by atoms with van der Waals surface area (Å²) in [7, 11) is 10.8. The van der Waals surface area contributed by atoms with Crippen molar-refractivity contribution in [1.82, 2.24) is 18.9 Å². The number of nitrogens with zero attached hydrogens (tertiary/aromatic N) is 4. The van der Waals surface area contributed by atoms with Crippen LogP contribution >= 0.6 is 0 Å². The van der Waals surface area contributed by atoms with Crippen LogP contribution in [0, 0.1) is 29.6 Å². The Bertz CT molecular complexity index is 2160. The molecule has 0 saturated carbocycles. The minimum atomic E-state index is -0.836. The molecular formula is C43H52N4O5. The van der Waals surface area contributed by atoms with Gasteiger partial charge in [-0.2, -0.15) is 0 Å². The van der Waals surface area contributed by atoms with E-state index in [1.807, 2.05) is 0 Å². The fourth-order valence-electron chi connectivity index (χ4n) is 12.6. The summed E-state index contributed by atoms with van der Waals surface area (Å²) in [5.74, 6) is 2.08. The molecule has 3 saturated heterocycles. The Balaban J connectivity index is 1.04. The number of hydrogen-bond acceptors (Lipinski definition) is 7. The van der Waals surface area contributed by atoms with E-state index in [-0.39, 0.29) is 35.5 Å². The van der Waals surface area contributed by atoms with Crippen LogP contribution in [0.3, 0.4) is 0 Å². The Morgan fingerprint density at radius 1 is 0.865 bits per heavy atom. The van der Waals surface area contributed by atoms with E-state index >= 15 is 0 Å². The summed E-state index contributed by atoms with van der Waals surface area (Å²) in [6.45, 7) is 5.20. The fourth-order valence-corrected chi connectivity index (χ4v) is 12.6. The first-order valence-corrected chi connectivity index (χ1v) is 19.4. The van der Waals surface area contributed by atoms with Gasteiger partial charge in [-0.05, 0) is 93.3 Å². The van der Waals surface area contributed by atoms with Crippen LogP contribution < -0.4 is 4.74 Å². The monoisotopic (exact) mass is 704 g/mol. The summed E-state index contributed by atoms with van der Waals surface area (Å²) in [6.07, 6.45) is 4.72. The Labute approximate surface area is 306 Å². The van der Waals surface area contributed by atoms with E-state index in [0.717, 1.165) is 42.6 Å². The van der Waals surface area contributed by atoms with Crippen LogP contribution in [0.4, 0.5) is 0 Å². The number of aliphatic hydroxyl groups is 1. The maximum atomic E-state index is 12.7. The lowest BCUT2D eigenvalue weighted by Crippen LogP contribution is -2.59. The Hall–Kier alpha value is -3.63. The topological polar surface area (TPSA) is 81.3 Å². The first kappa shape index (κ1) is 33.0. The van der Waals surface area contributed by atoms with E-state index in [1.54, 1.807) is 20.3 Å². The number of aryl methyl sites for hydroxylation is 2. The third kappa shape index (κ3) is 4.34. The molecule has 10 rings (SSSR count). The van der Waals surface area contributed by atoms with Gasteiger partial charge in [0.05, 0.1) is 44.2 Å². The highest BCUT2D eigenvalue weighted by Crippen LogP contribution is 2.56. The lowest BCUT2D eigenvalue weighted by molar-refractivity contribution is -0.226. The van der Waals surface area contributed by atoms with Crippen molar-refractivity contribution < 1.29 is 24.1 Å². The molecular weight excluding hydrogens is 652 g/mol. The standard InChI is InChI=1S/C43H52N4O5/c1-21(40-27-14-38-41-28(23-10-8-9-11-33(23)46(41)5)15-35(45(38)4)32(27)20-52-43(40)49)24-12-26-29-16-34-31-19-51-18-30(22(2)48)25(31)13-37(44(34)3)42(29)47(6)36(26)17-39(24)50-7/h8-12,17-18,21,25,27,31-32,34-35,37-38,40,43,49H,13-16,19-20H2,1-7H3. The number of rotatable bonds is 4. The van der Waals surface area contributed by atoms with Gasteiger partial charge in [0.15, 0.2) is 12.1 Å². The number of ether oxygens (including phenoxy) is 3. The maximum Gasteiger partial charge on any atom is 0.159 e. The third-order valence-corrected chi connectivity index (χ3v) is 15.1. The minimum Gasteiger partial charge on any atom is -0.500 e. The first-order valence-electron chi connectivity index (χ1n) is 19.4. The number of carbonyl (C=O) groups is 1. The summed E-state index contributed by atoms with van der Waals surface area (Å²) in [5, 5.41) is 14.4. The average Bonchev–Trinajstić information content (AvgIpc) is 3.56. The number of aliphatic hydroxyl groups excluding tert-OH is 1.